The van der Waals surface area contributed by atoms with Gasteiger partial charge in [0.25, 0.3) is 0 Å². The van der Waals surface area contributed by atoms with Crippen molar-refractivity contribution < 1.29 is 15.0 Å². The summed E-state index contributed by atoms with van der Waals surface area (Å²) in [6.45, 7) is 4.82. The molecule has 3 nitrogen and oxygen atoms in total. The molecule has 0 aromatic rings. The van der Waals surface area contributed by atoms with E-state index in [0.717, 1.165) is 36.7 Å². The van der Waals surface area contributed by atoms with Crippen molar-refractivity contribution in [2.24, 2.45) is 34.5 Å². The third kappa shape index (κ3) is 2.30. The minimum Gasteiger partial charge on any atom is -0.481 e. The maximum absolute atomic E-state index is 11.1. The van der Waals surface area contributed by atoms with Gasteiger partial charge in [-0.2, -0.15) is 0 Å². The molecule has 3 saturated carbocycles. The molecule has 2 N–H and O–H groups in total. The van der Waals surface area contributed by atoms with Crippen LogP contribution >= 0.6 is 0 Å². The molecule has 0 aromatic carbocycles. The van der Waals surface area contributed by atoms with Gasteiger partial charge < -0.3 is 10.2 Å². The van der Waals surface area contributed by atoms with Crippen LogP contribution in [0.2, 0.25) is 0 Å². The van der Waals surface area contributed by atoms with Crippen molar-refractivity contribution in [2.75, 3.05) is 0 Å². The Morgan fingerprint density at radius 2 is 1.88 bits per heavy atom. The van der Waals surface area contributed by atoms with E-state index in [9.17, 15) is 9.90 Å². The number of allylic oxidation sites excluding steroid dienone is 1. The highest BCUT2D eigenvalue weighted by Gasteiger charge is 2.59. The Morgan fingerprint density at radius 3 is 2.62 bits per heavy atom. The van der Waals surface area contributed by atoms with Gasteiger partial charge in [0.05, 0.1) is 12.5 Å². The van der Waals surface area contributed by atoms with Crippen LogP contribution in [0, 0.1) is 34.5 Å². The van der Waals surface area contributed by atoms with E-state index in [2.05, 4.69) is 19.9 Å². The molecular weight excluding hydrogens is 300 g/mol. The lowest BCUT2D eigenvalue weighted by Crippen LogP contribution is -2.53. The van der Waals surface area contributed by atoms with Gasteiger partial charge in [0, 0.05) is 0 Å². The number of carboxylic acids is 1. The van der Waals surface area contributed by atoms with Crippen molar-refractivity contribution in [1.82, 2.24) is 0 Å². The second-order valence-electron chi connectivity index (χ2n) is 9.64. The fourth-order valence-corrected chi connectivity index (χ4v) is 7.26. The van der Waals surface area contributed by atoms with Crippen LogP contribution in [-0.2, 0) is 4.79 Å². The molecule has 0 saturated heterocycles. The van der Waals surface area contributed by atoms with E-state index in [1.807, 2.05) is 0 Å². The summed E-state index contributed by atoms with van der Waals surface area (Å²) < 4.78 is 0. The summed E-state index contributed by atoms with van der Waals surface area (Å²) in [6, 6.07) is 0. The van der Waals surface area contributed by atoms with Crippen LogP contribution in [0.25, 0.3) is 0 Å². The molecule has 0 heterocycles. The summed E-state index contributed by atoms with van der Waals surface area (Å²) in [5, 5.41) is 19.6. The van der Waals surface area contributed by atoms with Gasteiger partial charge in [0.1, 0.15) is 0 Å². The molecule has 0 spiro atoms. The zero-order valence-corrected chi connectivity index (χ0v) is 15.1. The average molecular weight is 332 g/mol. The number of aliphatic hydroxyl groups excluding tert-OH is 1. The van der Waals surface area contributed by atoms with Crippen molar-refractivity contribution in [3.63, 3.8) is 0 Å². The van der Waals surface area contributed by atoms with Gasteiger partial charge >= 0.3 is 5.97 Å². The largest absolute Gasteiger partial charge is 0.481 e. The molecule has 0 amide bonds. The molecule has 24 heavy (non-hydrogen) atoms. The summed E-state index contributed by atoms with van der Waals surface area (Å²) in [6.07, 6.45) is 11.6. The van der Waals surface area contributed by atoms with Crippen molar-refractivity contribution in [3.8, 4) is 0 Å². The molecular formula is C21H32O3. The number of rotatable bonds is 2. The molecule has 4 aliphatic rings. The van der Waals surface area contributed by atoms with E-state index in [4.69, 9.17) is 5.11 Å². The van der Waals surface area contributed by atoms with Gasteiger partial charge in [-0.1, -0.05) is 25.5 Å². The lowest BCUT2D eigenvalue weighted by molar-refractivity contribution is -0.136. The highest BCUT2D eigenvalue weighted by atomic mass is 16.4. The molecule has 0 unspecified atom stereocenters. The number of hydrogen-bond acceptors (Lipinski definition) is 2. The standard InChI is InChI=1S/C21H32O3/c1-20-9-7-13(12-19(23)24)11-14(20)3-4-15-16-5-6-18(22)21(16,2)10-8-17(15)20/h7,14-18,22H,3-6,8-12H2,1-2H3,(H,23,24)/t14-,15+,16-,17+,18-,20-,21-/m0/s1. The molecule has 0 aromatic heterocycles. The van der Waals surface area contributed by atoms with Crippen molar-refractivity contribution >= 4 is 5.97 Å². The summed E-state index contributed by atoms with van der Waals surface area (Å²) >= 11 is 0. The minimum absolute atomic E-state index is 0.0950. The second kappa shape index (κ2) is 5.59. The zero-order valence-electron chi connectivity index (χ0n) is 15.1. The predicted octanol–water partition coefficient (Wildman–Crippen LogP) is 4.40. The van der Waals surface area contributed by atoms with Crippen LogP contribution in [0.1, 0.15) is 71.6 Å². The van der Waals surface area contributed by atoms with E-state index in [1.165, 1.54) is 32.1 Å². The molecule has 0 aliphatic heterocycles. The number of aliphatic carboxylic acids is 1. The van der Waals surface area contributed by atoms with Crippen molar-refractivity contribution in [3.05, 3.63) is 11.6 Å². The van der Waals surface area contributed by atoms with Crippen LogP contribution in [0.3, 0.4) is 0 Å². The Balaban J connectivity index is 1.58. The second-order valence-corrected chi connectivity index (χ2v) is 9.64. The molecule has 4 rings (SSSR count). The molecule has 3 fully saturated rings. The zero-order chi connectivity index (χ0) is 17.1. The van der Waals surface area contributed by atoms with E-state index >= 15 is 0 Å². The van der Waals surface area contributed by atoms with Gasteiger partial charge in [0.15, 0.2) is 0 Å². The first kappa shape index (κ1) is 16.6. The minimum atomic E-state index is -0.688. The third-order valence-corrected chi connectivity index (χ3v) is 8.73. The number of carbonyl (C=O) groups is 1. The normalized spacial score (nSPS) is 50.5. The molecule has 134 valence electrons. The Morgan fingerprint density at radius 1 is 1.12 bits per heavy atom. The molecule has 3 heteroatoms. The highest BCUT2D eigenvalue weighted by molar-refractivity contribution is 5.70. The predicted molar refractivity (Wildman–Crippen MR) is 93.5 cm³/mol. The van der Waals surface area contributed by atoms with E-state index in [1.54, 1.807) is 0 Å². The summed E-state index contributed by atoms with van der Waals surface area (Å²) in [5.74, 6) is 2.22. The summed E-state index contributed by atoms with van der Waals surface area (Å²) in [4.78, 5) is 11.1. The SMILES string of the molecule is C[C@]12CC=C(CC(=O)O)C[C@@H]1CC[C@H]1[C@H]2CC[C@]2(C)[C@@H](O)CC[C@@H]12. The molecule has 4 aliphatic carbocycles. The Kier molecular flexibility index (Phi) is 3.87. The van der Waals surface area contributed by atoms with E-state index in [0.29, 0.717) is 17.3 Å². The first-order valence-corrected chi connectivity index (χ1v) is 9.92. The quantitative estimate of drug-likeness (QED) is 0.737. The Bertz CT molecular complexity index is 567. The average Bonchev–Trinajstić information content (AvgIpc) is 2.83. The maximum atomic E-state index is 11.1. The van der Waals surface area contributed by atoms with Gasteiger partial charge in [-0.15, -0.1) is 0 Å². The fourth-order valence-electron chi connectivity index (χ4n) is 7.26. The smallest absolute Gasteiger partial charge is 0.307 e. The molecule has 7 atom stereocenters. The van der Waals surface area contributed by atoms with Gasteiger partial charge in [-0.3, -0.25) is 4.79 Å². The van der Waals surface area contributed by atoms with Gasteiger partial charge in [-0.25, -0.2) is 0 Å². The van der Waals surface area contributed by atoms with Crippen LogP contribution in [0.5, 0.6) is 0 Å². The molecule has 0 bridgehead atoms. The number of aliphatic hydroxyl groups is 1. The number of carboxylic acid groups (broad SMARTS) is 1. The van der Waals surface area contributed by atoms with Crippen molar-refractivity contribution in [2.45, 2.75) is 77.7 Å². The Labute approximate surface area is 145 Å². The van der Waals surface area contributed by atoms with Crippen LogP contribution < -0.4 is 0 Å². The van der Waals surface area contributed by atoms with Crippen LogP contribution in [0.4, 0.5) is 0 Å². The van der Waals surface area contributed by atoms with Gasteiger partial charge in [-0.05, 0) is 85.9 Å². The van der Waals surface area contributed by atoms with Crippen LogP contribution in [0.15, 0.2) is 11.6 Å². The number of fused-ring (bicyclic) bond motifs is 5. The van der Waals surface area contributed by atoms with Crippen molar-refractivity contribution in [1.29, 1.82) is 0 Å². The lowest BCUT2D eigenvalue weighted by Gasteiger charge is -2.59. The summed E-state index contributed by atoms with van der Waals surface area (Å²) in [5.41, 5.74) is 1.66. The van der Waals surface area contributed by atoms with E-state index in [-0.39, 0.29) is 17.9 Å². The van der Waals surface area contributed by atoms with E-state index < -0.39 is 5.97 Å². The highest BCUT2D eigenvalue weighted by Crippen LogP contribution is 2.66. The molecule has 0 radical (unpaired) electrons. The summed E-state index contributed by atoms with van der Waals surface area (Å²) in [7, 11) is 0. The lowest BCUT2D eigenvalue weighted by atomic mass is 9.45. The fraction of sp³-hybridized carbons (Fsp3) is 0.857. The van der Waals surface area contributed by atoms with Crippen LogP contribution in [-0.4, -0.2) is 22.3 Å². The topological polar surface area (TPSA) is 57.5 Å². The third-order valence-electron chi connectivity index (χ3n) is 8.73. The monoisotopic (exact) mass is 332 g/mol. The Hall–Kier alpha value is -0.830. The van der Waals surface area contributed by atoms with Gasteiger partial charge in [0.2, 0.25) is 0 Å². The maximum Gasteiger partial charge on any atom is 0.307 e. The first-order valence-electron chi connectivity index (χ1n) is 9.92. The first-order chi connectivity index (χ1) is 11.3. The number of hydrogen-bond donors (Lipinski definition) is 2.